The minimum Gasteiger partial charge on any atom is -0.495 e. The smallest absolute Gasteiger partial charge is 0.254 e. The van der Waals surface area contributed by atoms with Crippen LogP contribution < -0.4 is 15.8 Å². The minimum atomic E-state index is -0.0305. The molecule has 0 spiro atoms. The zero-order chi connectivity index (χ0) is 18.8. The van der Waals surface area contributed by atoms with Crippen LogP contribution in [0, 0.1) is 0 Å². The van der Waals surface area contributed by atoms with Gasteiger partial charge in [-0.05, 0) is 30.7 Å². The predicted octanol–water partition coefficient (Wildman–Crippen LogP) is 2.55. The van der Waals surface area contributed by atoms with Crippen molar-refractivity contribution in [1.82, 2.24) is 14.9 Å². The van der Waals surface area contributed by atoms with Gasteiger partial charge in [0.05, 0.1) is 18.3 Å². The predicted molar refractivity (Wildman–Crippen MR) is 105 cm³/mol. The van der Waals surface area contributed by atoms with Crippen molar-refractivity contribution < 1.29 is 9.53 Å². The average Bonchev–Trinajstić information content (AvgIpc) is 3.16. The molecule has 0 saturated carbocycles. The van der Waals surface area contributed by atoms with Crippen molar-refractivity contribution in [3.8, 4) is 5.75 Å². The quantitative estimate of drug-likeness (QED) is 0.692. The van der Waals surface area contributed by atoms with Crippen LogP contribution >= 0.6 is 0 Å². The Labute approximate surface area is 157 Å². The third kappa shape index (κ3) is 3.48. The first-order chi connectivity index (χ1) is 13.1. The molecule has 0 radical (unpaired) electrons. The van der Waals surface area contributed by atoms with Gasteiger partial charge in [-0.15, -0.1) is 0 Å². The molecule has 1 fully saturated rings. The largest absolute Gasteiger partial charge is 0.495 e. The van der Waals surface area contributed by atoms with E-state index in [1.54, 1.807) is 25.3 Å². The second-order valence-electron chi connectivity index (χ2n) is 6.59. The lowest BCUT2D eigenvalue weighted by Crippen LogP contribution is -2.31. The van der Waals surface area contributed by atoms with Crippen LogP contribution in [-0.4, -0.2) is 47.0 Å². The Morgan fingerprint density at radius 2 is 2.15 bits per heavy atom. The fraction of sp³-hybridized carbons (Fsp3) is 0.250. The van der Waals surface area contributed by atoms with Crippen molar-refractivity contribution in [2.45, 2.75) is 12.5 Å². The highest BCUT2D eigenvalue weighted by Gasteiger charge is 2.27. The van der Waals surface area contributed by atoms with Crippen LogP contribution in [0.4, 0.5) is 11.6 Å². The number of hydrogen-bond donors (Lipinski definition) is 2. The van der Waals surface area contributed by atoms with E-state index in [-0.39, 0.29) is 11.9 Å². The Kier molecular flexibility index (Phi) is 4.50. The maximum atomic E-state index is 12.8. The van der Waals surface area contributed by atoms with Crippen LogP contribution in [0.1, 0.15) is 16.8 Å². The van der Waals surface area contributed by atoms with Crippen LogP contribution in [-0.2, 0) is 0 Å². The van der Waals surface area contributed by atoms with Gasteiger partial charge in [-0.25, -0.2) is 9.97 Å². The van der Waals surface area contributed by atoms with E-state index in [4.69, 9.17) is 10.5 Å². The molecule has 1 amide bonds. The van der Waals surface area contributed by atoms with E-state index in [1.807, 2.05) is 35.4 Å². The molecular formula is C20H21N5O2. The summed E-state index contributed by atoms with van der Waals surface area (Å²) in [5, 5.41) is 4.34. The Bertz CT molecular complexity index is 991. The van der Waals surface area contributed by atoms with Gasteiger partial charge >= 0.3 is 0 Å². The molecule has 2 heterocycles. The summed E-state index contributed by atoms with van der Waals surface area (Å²) in [4.78, 5) is 23.5. The summed E-state index contributed by atoms with van der Waals surface area (Å²) in [6.45, 7) is 1.28. The van der Waals surface area contributed by atoms with Crippen molar-refractivity contribution in [2.24, 2.45) is 0 Å². The number of nitrogens with one attached hydrogen (secondary N) is 1. The summed E-state index contributed by atoms with van der Waals surface area (Å²) in [5.41, 5.74) is 7.82. The molecule has 3 aromatic rings. The molecule has 138 valence electrons. The van der Waals surface area contributed by atoms with E-state index in [1.165, 1.54) is 0 Å². The van der Waals surface area contributed by atoms with Crippen LogP contribution in [0.5, 0.6) is 5.75 Å². The Morgan fingerprint density at radius 1 is 1.30 bits per heavy atom. The maximum absolute atomic E-state index is 12.8. The van der Waals surface area contributed by atoms with Gasteiger partial charge in [0.1, 0.15) is 5.75 Å². The lowest BCUT2D eigenvalue weighted by molar-refractivity contribution is 0.0791. The lowest BCUT2D eigenvalue weighted by atomic mass is 10.1. The molecule has 7 nitrogen and oxygen atoms in total. The highest BCUT2D eigenvalue weighted by molar-refractivity contribution is 5.95. The van der Waals surface area contributed by atoms with E-state index in [9.17, 15) is 4.79 Å². The summed E-state index contributed by atoms with van der Waals surface area (Å²) >= 11 is 0. The highest BCUT2D eigenvalue weighted by atomic mass is 16.5. The van der Waals surface area contributed by atoms with Crippen molar-refractivity contribution in [2.75, 3.05) is 31.2 Å². The number of nitrogen functional groups attached to an aromatic ring is 1. The second kappa shape index (κ2) is 7.11. The number of fused-ring (bicyclic) bond motifs is 1. The van der Waals surface area contributed by atoms with Gasteiger partial charge in [0.25, 0.3) is 5.91 Å². The monoisotopic (exact) mass is 363 g/mol. The lowest BCUT2D eigenvalue weighted by Gasteiger charge is -2.18. The topological polar surface area (TPSA) is 93.4 Å². The molecule has 1 aliphatic heterocycles. The third-order valence-electron chi connectivity index (χ3n) is 4.78. The van der Waals surface area contributed by atoms with Gasteiger partial charge < -0.3 is 20.7 Å². The number of carbonyl (C=O) groups excluding carboxylic acids is 1. The number of anilines is 2. The first-order valence-corrected chi connectivity index (χ1v) is 8.85. The number of rotatable bonds is 4. The molecule has 2 aromatic carbocycles. The van der Waals surface area contributed by atoms with Gasteiger partial charge in [0.2, 0.25) is 5.95 Å². The van der Waals surface area contributed by atoms with Crippen LogP contribution in [0.2, 0.25) is 0 Å². The summed E-state index contributed by atoms with van der Waals surface area (Å²) in [6.07, 6.45) is 2.65. The number of likely N-dealkylation sites (tertiary alicyclic amines) is 1. The number of para-hydroxylation sites is 1. The van der Waals surface area contributed by atoms with E-state index in [0.717, 1.165) is 17.3 Å². The Hall–Kier alpha value is -3.35. The number of nitrogens with two attached hydrogens (primary N) is 1. The van der Waals surface area contributed by atoms with E-state index in [2.05, 4.69) is 15.3 Å². The van der Waals surface area contributed by atoms with Crippen molar-refractivity contribution in [3.63, 3.8) is 0 Å². The van der Waals surface area contributed by atoms with Gasteiger partial charge in [0.15, 0.2) is 0 Å². The van der Waals surface area contributed by atoms with Crippen molar-refractivity contribution >= 4 is 28.4 Å². The molecule has 1 saturated heterocycles. The first-order valence-electron chi connectivity index (χ1n) is 8.85. The second-order valence-corrected chi connectivity index (χ2v) is 6.59. The number of ether oxygens (including phenoxy) is 1. The number of hydrogen-bond acceptors (Lipinski definition) is 6. The fourth-order valence-electron chi connectivity index (χ4n) is 3.31. The summed E-state index contributed by atoms with van der Waals surface area (Å²) in [5.74, 6) is 1.07. The average molecular weight is 363 g/mol. The molecule has 27 heavy (non-hydrogen) atoms. The molecule has 3 N–H and O–H groups in total. The first kappa shape index (κ1) is 17.1. The zero-order valence-corrected chi connectivity index (χ0v) is 15.1. The van der Waals surface area contributed by atoms with E-state index < -0.39 is 0 Å². The van der Waals surface area contributed by atoms with Crippen molar-refractivity contribution in [3.05, 3.63) is 54.2 Å². The standard InChI is InChI=1S/C20H21N5O2/c1-27-18-10-13(6-7-16(18)21)19(26)25-9-8-15(12-25)23-20-22-11-14-4-2-3-5-17(14)24-20/h2-7,10-11,15H,8-9,12,21H2,1H3,(H,22,23,24). The summed E-state index contributed by atoms with van der Waals surface area (Å²) in [7, 11) is 1.54. The molecule has 0 aliphatic carbocycles. The van der Waals surface area contributed by atoms with Gasteiger partial charge in [-0.2, -0.15) is 0 Å². The normalized spacial score (nSPS) is 16.5. The molecule has 7 heteroatoms. The minimum absolute atomic E-state index is 0.0305. The highest BCUT2D eigenvalue weighted by Crippen LogP contribution is 2.24. The van der Waals surface area contributed by atoms with E-state index in [0.29, 0.717) is 36.0 Å². The third-order valence-corrected chi connectivity index (χ3v) is 4.78. The van der Waals surface area contributed by atoms with Crippen molar-refractivity contribution in [1.29, 1.82) is 0 Å². The van der Waals surface area contributed by atoms with Gasteiger partial charge in [0, 0.05) is 36.3 Å². The molecular weight excluding hydrogens is 342 g/mol. The number of aromatic nitrogens is 2. The molecule has 0 bridgehead atoms. The number of benzene rings is 2. The molecule has 1 atom stereocenters. The summed E-state index contributed by atoms with van der Waals surface area (Å²) in [6, 6.07) is 13.1. The SMILES string of the molecule is COc1cc(C(=O)N2CCC(Nc3ncc4ccccc4n3)C2)ccc1N. The van der Waals surface area contributed by atoms with Crippen LogP contribution in [0.3, 0.4) is 0 Å². The van der Waals surface area contributed by atoms with Crippen LogP contribution in [0.25, 0.3) is 10.9 Å². The maximum Gasteiger partial charge on any atom is 0.254 e. The van der Waals surface area contributed by atoms with Crippen LogP contribution in [0.15, 0.2) is 48.7 Å². The number of amides is 1. The zero-order valence-electron chi connectivity index (χ0n) is 15.1. The fourth-order valence-corrected chi connectivity index (χ4v) is 3.31. The molecule has 1 aliphatic rings. The molecule has 1 aromatic heterocycles. The van der Waals surface area contributed by atoms with E-state index >= 15 is 0 Å². The Balaban J connectivity index is 1.44. The Morgan fingerprint density at radius 3 is 3.00 bits per heavy atom. The molecule has 4 rings (SSSR count). The number of carbonyl (C=O) groups is 1. The summed E-state index contributed by atoms with van der Waals surface area (Å²) < 4.78 is 5.21. The van der Waals surface area contributed by atoms with Gasteiger partial charge in [-0.1, -0.05) is 18.2 Å². The number of methoxy groups -OCH3 is 1. The number of nitrogens with zero attached hydrogens (tertiary/aromatic N) is 3. The van der Waals surface area contributed by atoms with Gasteiger partial charge in [-0.3, -0.25) is 4.79 Å². The molecule has 1 unspecified atom stereocenters.